The molecule has 2 aromatic rings. The first-order valence-electron chi connectivity index (χ1n) is 6.00. The van der Waals surface area contributed by atoms with Gasteiger partial charge in [0.15, 0.2) is 11.6 Å². The number of nitrogens with one attached hydrogen (secondary N) is 1. The summed E-state index contributed by atoms with van der Waals surface area (Å²) in [6, 6.07) is 13.3. The Balaban J connectivity index is 2.06. The highest BCUT2D eigenvalue weighted by molar-refractivity contribution is 7.92. The largest absolute Gasteiger partial charge is 0.354 e. The minimum Gasteiger partial charge on any atom is -0.354 e. The quantitative estimate of drug-likeness (QED) is 0.903. The zero-order chi connectivity index (χ0) is 14.6. The summed E-state index contributed by atoms with van der Waals surface area (Å²) in [6.07, 6.45) is 1.07. The molecule has 1 heterocycles. The number of nitrogens with zero attached hydrogens (tertiary/aromatic N) is 3. The molecule has 0 spiro atoms. The Labute approximate surface area is 118 Å². The molecule has 2 rings (SSSR count). The van der Waals surface area contributed by atoms with Crippen LogP contribution < -0.4 is 9.62 Å². The zero-order valence-corrected chi connectivity index (χ0v) is 12.1. The van der Waals surface area contributed by atoms with Gasteiger partial charge < -0.3 is 4.90 Å². The first kappa shape index (κ1) is 14.3. The second kappa shape index (κ2) is 5.87. The van der Waals surface area contributed by atoms with E-state index in [1.807, 2.05) is 42.3 Å². The molecular weight excluding hydrogens is 276 g/mol. The molecule has 6 nitrogen and oxygen atoms in total. The third kappa shape index (κ3) is 4.20. The molecule has 0 fully saturated rings. The molecule has 106 valence electrons. The van der Waals surface area contributed by atoms with E-state index in [-0.39, 0.29) is 5.82 Å². The van der Waals surface area contributed by atoms with E-state index in [0.717, 1.165) is 11.8 Å². The Bertz CT molecular complexity index is 657. The molecule has 0 bridgehead atoms. The van der Waals surface area contributed by atoms with Crippen LogP contribution in [0, 0.1) is 0 Å². The highest BCUT2D eigenvalue weighted by Gasteiger charge is 2.07. The van der Waals surface area contributed by atoms with Gasteiger partial charge in [-0.3, -0.25) is 4.72 Å². The summed E-state index contributed by atoms with van der Waals surface area (Å²) in [5.74, 6) is 0.886. The van der Waals surface area contributed by atoms with E-state index in [1.165, 1.54) is 0 Å². The monoisotopic (exact) mass is 292 g/mol. The Morgan fingerprint density at radius 3 is 2.35 bits per heavy atom. The van der Waals surface area contributed by atoms with Gasteiger partial charge in [-0.15, -0.1) is 10.2 Å². The minimum atomic E-state index is -3.32. The molecule has 7 heteroatoms. The number of hydrogen-bond acceptors (Lipinski definition) is 5. The van der Waals surface area contributed by atoms with Crippen molar-refractivity contribution in [2.75, 3.05) is 22.9 Å². The van der Waals surface area contributed by atoms with Gasteiger partial charge in [-0.1, -0.05) is 30.3 Å². The van der Waals surface area contributed by atoms with Gasteiger partial charge in [-0.05, 0) is 17.7 Å². The molecule has 20 heavy (non-hydrogen) atoms. The smallest absolute Gasteiger partial charge is 0.231 e. The van der Waals surface area contributed by atoms with E-state index in [2.05, 4.69) is 14.9 Å². The second-order valence-electron chi connectivity index (χ2n) is 4.49. The zero-order valence-electron chi connectivity index (χ0n) is 11.3. The van der Waals surface area contributed by atoms with Crippen molar-refractivity contribution in [3.05, 3.63) is 48.0 Å². The van der Waals surface area contributed by atoms with Crippen molar-refractivity contribution in [3.8, 4) is 0 Å². The predicted octanol–water partition coefficient (Wildman–Crippen LogP) is 1.48. The lowest BCUT2D eigenvalue weighted by atomic mass is 10.2. The summed E-state index contributed by atoms with van der Waals surface area (Å²) in [5, 5.41) is 7.85. The number of sulfonamides is 1. The maximum absolute atomic E-state index is 11.1. The van der Waals surface area contributed by atoms with Gasteiger partial charge in [0.25, 0.3) is 0 Å². The number of anilines is 2. The molecule has 1 N–H and O–H groups in total. The van der Waals surface area contributed by atoms with Gasteiger partial charge in [0, 0.05) is 13.6 Å². The maximum Gasteiger partial charge on any atom is 0.231 e. The van der Waals surface area contributed by atoms with E-state index in [0.29, 0.717) is 12.4 Å². The molecule has 0 unspecified atom stereocenters. The molecule has 0 aliphatic rings. The standard InChI is InChI=1S/C13H16N4O2S/c1-17(10-11-6-4-3-5-7-11)13-9-8-12(14-15-13)16-20(2,18)19/h3-9H,10H2,1-2H3,(H,14,16). The molecule has 0 radical (unpaired) electrons. The minimum absolute atomic E-state index is 0.212. The molecule has 1 aromatic heterocycles. The van der Waals surface area contributed by atoms with Gasteiger partial charge >= 0.3 is 0 Å². The van der Waals surface area contributed by atoms with Crippen molar-refractivity contribution >= 4 is 21.7 Å². The fourth-order valence-corrected chi connectivity index (χ4v) is 2.20. The van der Waals surface area contributed by atoms with Crippen LogP contribution in [0.4, 0.5) is 11.6 Å². The molecule has 1 aromatic carbocycles. The average Bonchev–Trinajstić information content (AvgIpc) is 2.39. The normalized spacial score (nSPS) is 11.1. The SMILES string of the molecule is CN(Cc1ccccc1)c1ccc(NS(C)(=O)=O)nn1. The molecular formula is C13H16N4O2S. The topological polar surface area (TPSA) is 75.2 Å². The Morgan fingerprint density at radius 1 is 1.10 bits per heavy atom. The van der Waals surface area contributed by atoms with Crippen LogP contribution in [0.3, 0.4) is 0 Å². The first-order valence-corrected chi connectivity index (χ1v) is 7.90. The summed E-state index contributed by atoms with van der Waals surface area (Å²) in [7, 11) is -1.42. The van der Waals surface area contributed by atoms with E-state index in [1.54, 1.807) is 12.1 Å². The van der Waals surface area contributed by atoms with Crippen LogP contribution in [-0.2, 0) is 16.6 Å². The maximum atomic E-state index is 11.1. The molecule has 0 amide bonds. The van der Waals surface area contributed by atoms with Crippen LogP contribution in [0.25, 0.3) is 0 Å². The van der Waals surface area contributed by atoms with E-state index >= 15 is 0 Å². The Morgan fingerprint density at radius 2 is 1.80 bits per heavy atom. The molecule has 0 saturated carbocycles. The summed E-state index contributed by atoms with van der Waals surface area (Å²) in [4.78, 5) is 1.94. The Hall–Kier alpha value is -2.15. The molecule has 0 saturated heterocycles. The Kier molecular flexibility index (Phi) is 4.19. The second-order valence-corrected chi connectivity index (χ2v) is 6.24. The fourth-order valence-electron chi connectivity index (χ4n) is 1.71. The van der Waals surface area contributed by atoms with Crippen LogP contribution in [0.2, 0.25) is 0 Å². The number of rotatable bonds is 5. The highest BCUT2D eigenvalue weighted by Crippen LogP contribution is 2.13. The lowest BCUT2D eigenvalue weighted by molar-refractivity contribution is 0.606. The summed E-state index contributed by atoms with van der Waals surface area (Å²) < 4.78 is 24.4. The molecule has 0 aliphatic heterocycles. The lowest BCUT2D eigenvalue weighted by Crippen LogP contribution is -2.18. The lowest BCUT2D eigenvalue weighted by Gasteiger charge is -2.17. The average molecular weight is 292 g/mol. The van der Waals surface area contributed by atoms with Gasteiger partial charge in [0.05, 0.1) is 6.26 Å². The van der Waals surface area contributed by atoms with Crippen molar-refractivity contribution in [1.29, 1.82) is 0 Å². The summed E-state index contributed by atoms with van der Waals surface area (Å²) >= 11 is 0. The van der Waals surface area contributed by atoms with E-state index in [4.69, 9.17) is 0 Å². The molecule has 0 atom stereocenters. The number of aromatic nitrogens is 2. The van der Waals surface area contributed by atoms with Crippen LogP contribution in [0.1, 0.15) is 5.56 Å². The van der Waals surface area contributed by atoms with Gasteiger partial charge in [0.2, 0.25) is 10.0 Å². The summed E-state index contributed by atoms with van der Waals surface area (Å²) in [5.41, 5.74) is 1.16. The third-order valence-corrected chi connectivity index (χ3v) is 3.17. The van der Waals surface area contributed by atoms with Gasteiger partial charge in [0.1, 0.15) is 0 Å². The van der Waals surface area contributed by atoms with Crippen molar-refractivity contribution in [2.45, 2.75) is 6.54 Å². The highest BCUT2D eigenvalue weighted by atomic mass is 32.2. The van der Waals surface area contributed by atoms with Crippen LogP contribution in [0.15, 0.2) is 42.5 Å². The van der Waals surface area contributed by atoms with Gasteiger partial charge in [-0.25, -0.2) is 8.42 Å². The number of hydrogen-bond donors (Lipinski definition) is 1. The van der Waals surface area contributed by atoms with Crippen LogP contribution >= 0.6 is 0 Å². The van der Waals surface area contributed by atoms with Crippen LogP contribution in [-0.4, -0.2) is 31.9 Å². The van der Waals surface area contributed by atoms with Crippen molar-refractivity contribution in [2.24, 2.45) is 0 Å². The van der Waals surface area contributed by atoms with Crippen molar-refractivity contribution in [3.63, 3.8) is 0 Å². The van der Waals surface area contributed by atoms with Crippen molar-refractivity contribution in [1.82, 2.24) is 10.2 Å². The van der Waals surface area contributed by atoms with E-state index in [9.17, 15) is 8.42 Å². The summed E-state index contributed by atoms with van der Waals surface area (Å²) in [6.45, 7) is 0.703. The predicted molar refractivity (Wildman–Crippen MR) is 79.0 cm³/mol. The van der Waals surface area contributed by atoms with E-state index < -0.39 is 10.0 Å². The number of benzene rings is 1. The van der Waals surface area contributed by atoms with Crippen molar-refractivity contribution < 1.29 is 8.42 Å². The van der Waals surface area contributed by atoms with Crippen LogP contribution in [0.5, 0.6) is 0 Å². The third-order valence-electron chi connectivity index (χ3n) is 2.59. The first-order chi connectivity index (χ1) is 9.44. The fraction of sp³-hybridized carbons (Fsp3) is 0.231. The van der Waals surface area contributed by atoms with Gasteiger partial charge in [-0.2, -0.15) is 0 Å². The molecule has 0 aliphatic carbocycles.